The Hall–Kier alpha value is -0.860. The topological polar surface area (TPSA) is 26.3 Å². The fourth-order valence-electron chi connectivity index (χ4n) is 1.33. The predicted octanol–water partition coefficient (Wildman–Crippen LogP) is 4.05. The lowest BCUT2D eigenvalue weighted by Gasteiger charge is -2.15. The zero-order chi connectivity index (χ0) is 13.5. The molecule has 0 aliphatic carbocycles. The number of esters is 1. The smallest absolute Gasteiger partial charge is 0.343 e. The Balaban J connectivity index is 3.68. The van der Waals surface area contributed by atoms with Gasteiger partial charge in [0.2, 0.25) is 5.67 Å². The third-order valence-electron chi connectivity index (χ3n) is 2.54. The van der Waals surface area contributed by atoms with Crippen molar-refractivity contribution in [3.63, 3.8) is 0 Å². The first-order valence-corrected chi connectivity index (χ1v) is 6.23. The van der Waals surface area contributed by atoms with Crippen LogP contribution in [0.2, 0.25) is 0 Å². The third kappa shape index (κ3) is 8.90. The molecule has 0 bridgehead atoms. The number of hydrogen-bond donors (Lipinski definition) is 0. The molecule has 17 heavy (non-hydrogen) atoms. The molecule has 0 rings (SSSR count). The molecule has 0 aromatic rings. The summed E-state index contributed by atoms with van der Waals surface area (Å²) in [6.07, 6.45) is 5.11. The lowest BCUT2D eigenvalue weighted by molar-refractivity contribution is -0.155. The van der Waals surface area contributed by atoms with E-state index >= 15 is 0 Å². The van der Waals surface area contributed by atoms with Crippen LogP contribution in [-0.2, 0) is 9.53 Å². The Morgan fingerprint density at radius 1 is 1.35 bits per heavy atom. The lowest BCUT2D eigenvalue weighted by Crippen LogP contribution is -2.28. The van der Waals surface area contributed by atoms with Crippen LogP contribution in [0.1, 0.15) is 53.9 Å². The van der Waals surface area contributed by atoms with Crippen LogP contribution in [0.3, 0.4) is 0 Å². The van der Waals surface area contributed by atoms with Crippen LogP contribution < -0.4 is 0 Å². The van der Waals surface area contributed by atoms with Crippen LogP contribution in [-0.4, -0.2) is 18.2 Å². The summed E-state index contributed by atoms with van der Waals surface area (Å²) in [5, 5.41) is 0. The second kappa shape index (κ2) is 7.46. The molecule has 0 aromatic carbocycles. The molecule has 3 heteroatoms. The van der Waals surface area contributed by atoms with E-state index in [9.17, 15) is 9.18 Å². The zero-order valence-electron chi connectivity index (χ0n) is 11.7. The number of ether oxygens (including phenoxy) is 1. The molecule has 0 spiro atoms. The van der Waals surface area contributed by atoms with Gasteiger partial charge in [0.1, 0.15) is 0 Å². The van der Waals surface area contributed by atoms with Gasteiger partial charge < -0.3 is 4.74 Å². The number of alkyl halides is 1. The second-order valence-corrected chi connectivity index (χ2v) is 5.36. The van der Waals surface area contributed by atoms with Gasteiger partial charge in [0.05, 0.1) is 6.61 Å². The predicted molar refractivity (Wildman–Crippen MR) is 68.6 cm³/mol. The Bertz CT molecular complexity index is 260. The molecule has 0 saturated heterocycles. The number of carbonyl (C=O) groups excluding carboxylic acids is 1. The Morgan fingerprint density at radius 3 is 2.41 bits per heavy atom. The standard InChI is InChI=1S/C14H25FO2/c1-11(2)7-6-8-12(3)9-10-17-13(16)14(4,5)15/h7,12H,6,8-10H2,1-5H3. The van der Waals surface area contributed by atoms with E-state index in [-0.39, 0.29) is 0 Å². The van der Waals surface area contributed by atoms with Crippen LogP contribution in [0.4, 0.5) is 4.39 Å². The van der Waals surface area contributed by atoms with Gasteiger partial charge in [-0.1, -0.05) is 18.6 Å². The molecule has 0 fully saturated rings. The van der Waals surface area contributed by atoms with Crippen molar-refractivity contribution in [2.45, 2.75) is 59.5 Å². The van der Waals surface area contributed by atoms with E-state index in [2.05, 4.69) is 26.8 Å². The van der Waals surface area contributed by atoms with Gasteiger partial charge in [0.25, 0.3) is 0 Å². The quantitative estimate of drug-likeness (QED) is 0.499. The van der Waals surface area contributed by atoms with E-state index in [0.717, 1.165) is 19.3 Å². The summed E-state index contributed by atoms with van der Waals surface area (Å²) < 4.78 is 18.0. The van der Waals surface area contributed by atoms with Crippen molar-refractivity contribution in [2.24, 2.45) is 5.92 Å². The van der Waals surface area contributed by atoms with Crippen LogP contribution in [0.25, 0.3) is 0 Å². The molecule has 0 aliphatic heterocycles. The number of rotatable bonds is 7. The van der Waals surface area contributed by atoms with Gasteiger partial charge >= 0.3 is 5.97 Å². The minimum atomic E-state index is -1.88. The number of hydrogen-bond acceptors (Lipinski definition) is 2. The van der Waals surface area contributed by atoms with Crippen LogP contribution in [0, 0.1) is 5.92 Å². The van der Waals surface area contributed by atoms with Gasteiger partial charge in [-0.05, 0) is 52.9 Å². The minimum absolute atomic E-state index is 0.308. The summed E-state index contributed by atoms with van der Waals surface area (Å²) in [7, 11) is 0. The molecule has 1 unspecified atom stereocenters. The molecule has 0 amide bonds. The van der Waals surface area contributed by atoms with E-state index in [4.69, 9.17) is 4.74 Å². The summed E-state index contributed by atoms with van der Waals surface area (Å²) in [6.45, 7) is 9.02. The number of halogens is 1. The third-order valence-corrected chi connectivity index (χ3v) is 2.54. The summed E-state index contributed by atoms with van der Waals surface area (Å²) in [6, 6.07) is 0. The summed E-state index contributed by atoms with van der Waals surface area (Å²) >= 11 is 0. The molecule has 0 saturated carbocycles. The van der Waals surface area contributed by atoms with Crippen molar-refractivity contribution in [2.75, 3.05) is 6.61 Å². The van der Waals surface area contributed by atoms with E-state index in [1.807, 2.05) is 0 Å². The highest BCUT2D eigenvalue weighted by Gasteiger charge is 2.28. The van der Waals surface area contributed by atoms with Crippen LogP contribution in [0.15, 0.2) is 11.6 Å². The maximum atomic E-state index is 13.1. The Labute approximate surface area is 104 Å². The fraction of sp³-hybridized carbons (Fsp3) is 0.786. The maximum absolute atomic E-state index is 13.1. The monoisotopic (exact) mass is 244 g/mol. The van der Waals surface area contributed by atoms with Gasteiger partial charge in [0.15, 0.2) is 0 Å². The number of allylic oxidation sites excluding steroid dienone is 2. The van der Waals surface area contributed by atoms with Gasteiger partial charge in [-0.3, -0.25) is 0 Å². The van der Waals surface area contributed by atoms with Crippen molar-refractivity contribution in [3.05, 3.63) is 11.6 Å². The van der Waals surface area contributed by atoms with Gasteiger partial charge in [0, 0.05) is 0 Å². The molecule has 0 heterocycles. The van der Waals surface area contributed by atoms with E-state index < -0.39 is 11.6 Å². The van der Waals surface area contributed by atoms with Crippen molar-refractivity contribution in [3.8, 4) is 0 Å². The van der Waals surface area contributed by atoms with Crippen molar-refractivity contribution in [1.29, 1.82) is 0 Å². The summed E-state index contributed by atoms with van der Waals surface area (Å²) in [4.78, 5) is 11.1. The summed E-state index contributed by atoms with van der Waals surface area (Å²) in [5.74, 6) is -0.282. The van der Waals surface area contributed by atoms with E-state index in [0.29, 0.717) is 12.5 Å². The summed E-state index contributed by atoms with van der Waals surface area (Å²) in [5.41, 5.74) is -0.562. The van der Waals surface area contributed by atoms with Crippen LogP contribution >= 0.6 is 0 Å². The largest absolute Gasteiger partial charge is 0.463 e. The highest BCUT2D eigenvalue weighted by Crippen LogP contribution is 2.14. The molecular formula is C14H25FO2. The Kier molecular flexibility index (Phi) is 7.09. The highest BCUT2D eigenvalue weighted by atomic mass is 19.1. The van der Waals surface area contributed by atoms with Crippen molar-refractivity contribution in [1.82, 2.24) is 0 Å². The molecule has 1 atom stereocenters. The zero-order valence-corrected chi connectivity index (χ0v) is 11.7. The number of carbonyl (C=O) groups is 1. The van der Waals surface area contributed by atoms with E-state index in [1.165, 1.54) is 19.4 Å². The average Bonchev–Trinajstić information content (AvgIpc) is 2.15. The average molecular weight is 244 g/mol. The maximum Gasteiger partial charge on any atom is 0.343 e. The molecule has 100 valence electrons. The van der Waals surface area contributed by atoms with Crippen molar-refractivity contribution >= 4 is 5.97 Å². The highest BCUT2D eigenvalue weighted by molar-refractivity contribution is 5.78. The van der Waals surface area contributed by atoms with Gasteiger partial charge in [-0.2, -0.15) is 0 Å². The lowest BCUT2D eigenvalue weighted by atomic mass is 10.0. The molecular weight excluding hydrogens is 219 g/mol. The first kappa shape index (κ1) is 16.1. The second-order valence-electron chi connectivity index (χ2n) is 5.36. The normalized spacial score (nSPS) is 13.1. The van der Waals surface area contributed by atoms with Crippen molar-refractivity contribution < 1.29 is 13.9 Å². The Morgan fingerprint density at radius 2 is 1.94 bits per heavy atom. The molecule has 0 radical (unpaired) electrons. The molecule has 0 aromatic heterocycles. The first-order chi connectivity index (χ1) is 7.73. The molecule has 2 nitrogen and oxygen atoms in total. The SMILES string of the molecule is CC(C)=CCCC(C)CCOC(=O)C(C)(C)F. The van der Waals surface area contributed by atoms with Gasteiger partial charge in [-0.15, -0.1) is 0 Å². The van der Waals surface area contributed by atoms with Gasteiger partial charge in [-0.25, -0.2) is 9.18 Å². The first-order valence-electron chi connectivity index (χ1n) is 6.23. The van der Waals surface area contributed by atoms with Crippen LogP contribution in [0.5, 0.6) is 0 Å². The minimum Gasteiger partial charge on any atom is -0.463 e. The molecule has 0 N–H and O–H groups in total. The van der Waals surface area contributed by atoms with E-state index in [1.54, 1.807) is 0 Å². The fourth-order valence-corrected chi connectivity index (χ4v) is 1.33. The molecule has 0 aliphatic rings.